The summed E-state index contributed by atoms with van der Waals surface area (Å²) in [4.78, 5) is 0. The van der Waals surface area contributed by atoms with Crippen LogP contribution in [0.2, 0.25) is 5.02 Å². The van der Waals surface area contributed by atoms with E-state index in [1.807, 2.05) is 0 Å². The van der Waals surface area contributed by atoms with Crippen LogP contribution in [0.5, 0.6) is 0 Å². The molecule has 2 heteroatoms. The molecule has 1 saturated carbocycles. The number of rotatable bonds is 2. The maximum absolute atomic E-state index is 13.3. The summed E-state index contributed by atoms with van der Waals surface area (Å²) >= 11 is 5.65. The van der Waals surface area contributed by atoms with Crippen molar-refractivity contribution in [3.8, 4) is 0 Å². The van der Waals surface area contributed by atoms with Gasteiger partial charge < -0.3 is 0 Å². The molecule has 13 heavy (non-hydrogen) atoms. The first-order chi connectivity index (χ1) is 6.18. The molecule has 2 rings (SSSR count). The van der Waals surface area contributed by atoms with Crippen molar-refractivity contribution in [2.24, 2.45) is 5.92 Å². The molecule has 1 aliphatic carbocycles. The summed E-state index contributed by atoms with van der Waals surface area (Å²) in [5.41, 5.74) is 1.53. The second-order valence-electron chi connectivity index (χ2n) is 3.42. The van der Waals surface area contributed by atoms with Crippen molar-refractivity contribution in [3.63, 3.8) is 0 Å². The van der Waals surface area contributed by atoms with Crippen molar-refractivity contribution in [1.82, 2.24) is 0 Å². The zero-order valence-corrected chi connectivity index (χ0v) is 7.94. The molecular formula is C11H10ClF. The minimum atomic E-state index is -0.260. The van der Waals surface area contributed by atoms with Gasteiger partial charge in [0.05, 0.1) is 0 Å². The van der Waals surface area contributed by atoms with Crippen LogP contribution < -0.4 is 0 Å². The van der Waals surface area contributed by atoms with Gasteiger partial charge in [0, 0.05) is 10.6 Å². The quantitative estimate of drug-likeness (QED) is 0.673. The fraction of sp³-hybridized carbons (Fsp3) is 0.273. The van der Waals surface area contributed by atoms with E-state index in [-0.39, 0.29) is 5.82 Å². The van der Waals surface area contributed by atoms with E-state index in [4.69, 9.17) is 11.6 Å². The Kier molecular flexibility index (Phi) is 2.12. The van der Waals surface area contributed by atoms with Crippen molar-refractivity contribution < 1.29 is 4.39 Å². The molecule has 1 aliphatic rings. The molecule has 0 aliphatic heterocycles. The summed E-state index contributed by atoms with van der Waals surface area (Å²) in [6.45, 7) is 3.89. The van der Waals surface area contributed by atoms with E-state index in [1.54, 1.807) is 12.1 Å². The van der Waals surface area contributed by atoms with E-state index < -0.39 is 0 Å². The highest BCUT2D eigenvalue weighted by Crippen LogP contribution is 2.41. The summed E-state index contributed by atoms with van der Waals surface area (Å²) in [6, 6.07) is 4.75. The normalized spacial score (nSPS) is 15.8. The first-order valence-corrected chi connectivity index (χ1v) is 4.70. The number of benzene rings is 1. The summed E-state index contributed by atoms with van der Waals surface area (Å²) in [5.74, 6) is 0.236. The van der Waals surface area contributed by atoms with Crippen LogP contribution in [-0.4, -0.2) is 0 Å². The monoisotopic (exact) mass is 196 g/mol. The maximum atomic E-state index is 13.3. The third-order valence-electron chi connectivity index (χ3n) is 2.35. The summed E-state index contributed by atoms with van der Waals surface area (Å²) in [5, 5.41) is 0.435. The highest BCUT2D eigenvalue weighted by atomic mass is 35.5. The lowest BCUT2D eigenvalue weighted by molar-refractivity contribution is 0.623. The molecule has 0 spiro atoms. The smallest absolute Gasteiger partial charge is 0.132 e. The topological polar surface area (TPSA) is 0 Å². The molecule has 1 aromatic rings. The van der Waals surface area contributed by atoms with Crippen LogP contribution in [0, 0.1) is 11.7 Å². The molecule has 0 heterocycles. The van der Waals surface area contributed by atoms with Crippen LogP contribution in [0.4, 0.5) is 4.39 Å². The molecule has 0 bridgehead atoms. The van der Waals surface area contributed by atoms with Gasteiger partial charge >= 0.3 is 0 Å². The Balaban J connectivity index is 2.33. The zero-order chi connectivity index (χ0) is 9.42. The predicted molar refractivity (Wildman–Crippen MR) is 53.2 cm³/mol. The standard InChI is InChI=1S/C11H10ClF/c1-7(8-2-3-8)10-5-4-9(12)6-11(10)13/h4-6,8H,1-3H2. The van der Waals surface area contributed by atoms with E-state index in [0.717, 1.165) is 18.4 Å². The van der Waals surface area contributed by atoms with E-state index in [9.17, 15) is 4.39 Å². The van der Waals surface area contributed by atoms with Gasteiger partial charge in [-0.2, -0.15) is 0 Å². The van der Waals surface area contributed by atoms with Crippen LogP contribution in [0.1, 0.15) is 18.4 Å². The summed E-state index contributed by atoms with van der Waals surface area (Å²) in [7, 11) is 0. The number of halogens is 2. The summed E-state index contributed by atoms with van der Waals surface area (Å²) in [6.07, 6.45) is 2.28. The fourth-order valence-electron chi connectivity index (χ4n) is 1.40. The third kappa shape index (κ3) is 1.75. The SMILES string of the molecule is C=C(c1ccc(Cl)cc1F)C1CC1. The second kappa shape index (κ2) is 3.15. The fourth-order valence-corrected chi connectivity index (χ4v) is 1.56. The molecule has 1 fully saturated rings. The lowest BCUT2D eigenvalue weighted by atomic mass is 10.0. The van der Waals surface area contributed by atoms with Crippen molar-refractivity contribution in [1.29, 1.82) is 0 Å². The van der Waals surface area contributed by atoms with Crippen molar-refractivity contribution >= 4 is 17.2 Å². The lowest BCUT2D eigenvalue weighted by Crippen LogP contribution is -1.89. The van der Waals surface area contributed by atoms with Gasteiger partial charge in [-0.15, -0.1) is 0 Å². The molecule has 0 radical (unpaired) electrons. The van der Waals surface area contributed by atoms with Gasteiger partial charge in [0.1, 0.15) is 5.82 Å². The van der Waals surface area contributed by atoms with Gasteiger partial charge in [-0.1, -0.05) is 24.2 Å². The Labute approximate surface area is 82.0 Å². The van der Waals surface area contributed by atoms with Gasteiger partial charge in [-0.3, -0.25) is 0 Å². The first-order valence-electron chi connectivity index (χ1n) is 4.32. The molecule has 0 aromatic heterocycles. The van der Waals surface area contributed by atoms with Gasteiger partial charge in [-0.05, 0) is 36.5 Å². The molecule has 1 aromatic carbocycles. The molecule has 68 valence electrons. The Bertz CT molecular complexity index is 353. The zero-order valence-electron chi connectivity index (χ0n) is 7.19. The number of allylic oxidation sites excluding steroid dienone is 1. The van der Waals surface area contributed by atoms with Gasteiger partial charge in [0.25, 0.3) is 0 Å². The highest BCUT2D eigenvalue weighted by Gasteiger charge is 2.26. The van der Waals surface area contributed by atoms with Crippen molar-refractivity contribution in [2.75, 3.05) is 0 Å². The van der Waals surface area contributed by atoms with E-state index >= 15 is 0 Å². The number of hydrogen-bond donors (Lipinski definition) is 0. The largest absolute Gasteiger partial charge is 0.206 e. The van der Waals surface area contributed by atoms with Crippen LogP contribution in [0.3, 0.4) is 0 Å². The molecule has 0 unspecified atom stereocenters. The minimum Gasteiger partial charge on any atom is -0.206 e. The average molecular weight is 197 g/mol. The van der Waals surface area contributed by atoms with E-state index in [0.29, 0.717) is 16.5 Å². The van der Waals surface area contributed by atoms with Crippen LogP contribution in [0.25, 0.3) is 5.57 Å². The molecule has 0 N–H and O–H groups in total. The third-order valence-corrected chi connectivity index (χ3v) is 2.58. The molecule has 0 saturated heterocycles. The Morgan fingerprint density at radius 2 is 2.15 bits per heavy atom. The molecular weight excluding hydrogens is 187 g/mol. The average Bonchev–Trinajstić information content (AvgIpc) is 2.85. The second-order valence-corrected chi connectivity index (χ2v) is 3.86. The van der Waals surface area contributed by atoms with Crippen LogP contribution in [-0.2, 0) is 0 Å². The highest BCUT2D eigenvalue weighted by molar-refractivity contribution is 6.30. The Morgan fingerprint density at radius 3 is 2.69 bits per heavy atom. The Hall–Kier alpha value is -0.820. The maximum Gasteiger partial charge on any atom is 0.132 e. The first kappa shape index (κ1) is 8.76. The van der Waals surface area contributed by atoms with Crippen LogP contribution >= 0.6 is 11.6 Å². The number of hydrogen-bond acceptors (Lipinski definition) is 0. The van der Waals surface area contributed by atoms with Gasteiger partial charge in [0.15, 0.2) is 0 Å². The van der Waals surface area contributed by atoms with Gasteiger partial charge in [0.2, 0.25) is 0 Å². The van der Waals surface area contributed by atoms with Crippen molar-refractivity contribution in [3.05, 3.63) is 41.2 Å². The van der Waals surface area contributed by atoms with E-state index in [2.05, 4.69) is 6.58 Å². The summed E-state index contributed by atoms with van der Waals surface area (Å²) < 4.78 is 13.3. The molecule has 0 amide bonds. The van der Waals surface area contributed by atoms with Crippen LogP contribution in [0.15, 0.2) is 24.8 Å². The van der Waals surface area contributed by atoms with E-state index in [1.165, 1.54) is 6.07 Å². The van der Waals surface area contributed by atoms with Gasteiger partial charge in [-0.25, -0.2) is 4.39 Å². The Morgan fingerprint density at radius 1 is 1.46 bits per heavy atom. The van der Waals surface area contributed by atoms with Crippen molar-refractivity contribution in [2.45, 2.75) is 12.8 Å². The molecule has 0 nitrogen and oxygen atoms in total. The lowest BCUT2D eigenvalue weighted by Gasteiger charge is -2.05. The molecule has 0 atom stereocenters. The predicted octanol–water partition coefficient (Wildman–Crippen LogP) is 3.90. The minimum absolute atomic E-state index is 0.260.